The number of aliphatic carboxylic acids is 1. The second-order valence-corrected chi connectivity index (χ2v) is 11.0. The molecule has 13 heteroatoms. The number of likely N-dealkylation sites (tertiary alicyclic amines) is 1. The van der Waals surface area contributed by atoms with Crippen molar-refractivity contribution in [2.75, 3.05) is 19.7 Å². The van der Waals surface area contributed by atoms with E-state index in [0.717, 1.165) is 0 Å². The van der Waals surface area contributed by atoms with Crippen LogP contribution in [0.3, 0.4) is 0 Å². The molecule has 204 valence electrons. The summed E-state index contributed by atoms with van der Waals surface area (Å²) >= 11 is 13.9. The van der Waals surface area contributed by atoms with E-state index in [0.29, 0.717) is 27.1 Å². The fraction of sp³-hybridized carbons (Fsp3) is 0.440. The van der Waals surface area contributed by atoms with E-state index >= 15 is 0 Å². The second kappa shape index (κ2) is 11.6. The van der Waals surface area contributed by atoms with Gasteiger partial charge in [-0.3, -0.25) is 14.7 Å². The number of nitrogens with zero attached hydrogens (tertiary/aromatic N) is 3. The van der Waals surface area contributed by atoms with Gasteiger partial charge in [-0.05, 0) is 25.5 Å². The van der Waals surface area contributed by atoms with Gasteiger partial charge in [-0.25, -0.2) is 18.6 Å². The van der Waals surface area contributed by atoms with Crippen molar-refractivity contribution in [2.45, 2.75) is 44.7 Å². The highest BCUT2D eigenvalue weighted by atomic mass is 35.5. The van der Waals surface area contributed by atoms with E-state index in [1.165, 1.54) is 29.2 Å². The molecule has 1 aromatic carbocycles. The first-order valence-corrected chi connectivity index (χ1v) is 13.6. The smallest absolute Gasteiger partial charge is 0.338 e. The maximum absolute atomic E-state index is 14.6. The van der Waals surface area contributed by atoms with Crippen LogP contribution in [0.25, 0.3) is 0 Å². The number of rotatable bonds is 9. The molecule has 3 unspecified atom stereocenters. The Balaban J connectivity index is 1.80. The number of carboxylic acid groups (broad SMARTS) is 1. The van der Waals surface area contributed by atoms with Gasteiger partial charge in [-0.2, -0.15) is 0 Å². The van der Waals surface area contributed by atoms with E-state index in [2.05, 4.69) is 10.3 Å². The van der Waals surface area contributed by atoms with Crippen LogP contribution < -0.4 is 5.32 Å². The number of benzene rings is 1. The lowest BCUT2D eigenvalue weighted by molar-refractivity contribution is -0.142. The molecule has 0 spiro atoms. The number of carbonyl (C=O) groups is 2. The minimum atomic E-state index is -3.01. The van der Waals surface area contributed by atoms with Crippen LogP contribution in [0.4, 0.5) is 8.78 Å². The molecular formula is C25H26Cl2F2N4O4S. The third-order valence-corrected chi connectivity index (χ3v) is 7.75. The quantitative estimate of drug-likeness (QED) is 0.390. The second-order valence-electron chi connectivity index (χ2n) is 9.21. The average Bonchev–Trinajstić information content (AvgIpc) is 3.46. The van der Waals surface area contributed by atoms with Crippen LogP contribution in [0.2, 0.25) is 10.0 Å². The first-order chi connectivity index (χ1) is 18.0. The fourth-order valence-corrected chi connectivity index (χ4v) is 5.76. The Morgan fingerprint density at radius 2 is 2.13 bits per heavy atom. The van der Waals surface area contributed by atoms with Crippen LogP contribution in [0, 0.1) is 5.92 Å². The third kappa shape index (κ3) is 6.33. The Bertz CT molecular complexity index is 1270. The zero-order valence-corrected chi connectivity index (χ0v) is 22.9. The van der Waals surface area contributed by atoms with Crippen molar-refractivity contribution in [1.29, 1.82) is 0 Å². The summed E-state index contributed by atoms with van der Waals surface area (Å²) in [6, 6.07) is 3.17. The number of nitrogens with one attached hydrogen (secondary N) is 1. The van der Waals surface area contributed by atoms with Gasteiger partial charge in [0, 0.05) is 51.9 Å². The molecule has 0 aliphatic carbocycles. The molecule has 1 saturated heterocycles. The zero-order valence-electron chi connectivity index (χ0n) is 20.6. The minimum absolute atomic E-state index is 0.0345. The molecule has 3 atom stereocenters. The summed E-state index contributed by atoms with van der Waals surface area (Å²) in [6.07, 6.45) is 1.16. The van der Waals surface area contributed by atoms with Crippen molar-refractivity contribution >= 4 is 52.3 Å². The zero-order chi connectivity index (χ0) is 27.6. The highest BCUT2D eigenvalue weighted by Gasteiger charge is 2.46. The van der Waals surface area contributed by atoms with Crippen LogP contribution in [0.15, 0.2) is 46.0 Å². The molecule has 2 aliphatic heterocycles. The Morgan fingerprint density at radius 1 is 1.37 bits per heavy atom. The summed E-state index contributed by atoms with van der Waals surface area (Å²) < 4.78 is 34.5. The lowest BCUT2D eigenvalue weighted by atomic mass is 9.94. The van der Waals surface area contributed by atoms with Crippen molar-refractivity contribution in [3.8, 4) is 0 Å². The Kier molecular flexibility index (Phi) is 8.71. The van der Waals surface area contributed by atoms with Crippen molar-refractivity contribution in [3.05, 3.63) is 61.7 Å². The first kappa shape index (κ1) is 28.4. The van der Waals surface area contributed by atoms with Gasteiger partial charge < -0.3 is 15.2 Å². The van der Waals surface area contributed by atoms with Crippen molar-refractivity contribution in [2.24, 2.45) is 10.9 Å². The van der Waals surface area contributed by atoms with Crippen LogP contribution in [-0.4, -0.2) is 64.4 Å². The standard InChI is InChI=1S/C25H26Cl2F2N4O4S/c1-3-37-24(36)19-18(11-33-12-25(28,29)10-15(33)8-13(2)23(34)35)31-21(22-30-6-7-38-22)32-20(19)16-5-4-14(26)9-17(16)27/h4-7,9,13,15,20H,3,8,10-12H2,1-2H3,(H,31,32)(H,34,35). The van der Waals surface area contributed by atoms with Crippen LogP contribution in [0.1, 0.15) is 43.3 Å². The number of aliphatic imine (C=N–C) groups is 1. The number of esters is 1. The molecule has 38 heavy (non-hydrogen) atoms. The van der Waals surface area contributed by atoms with E-state index in [9.17, 15) is 23.5 Å². The van der Waals surface area contributed by atoms with E-state index in [4.69, 9.17) is 32.9 Å². The Hall–Kier alpha value is -2.60. The molecule has 0 bridgehead atoms. The van der Waals surface area contributed by atoms with E-state index in [1.807, 2.05) is 0 Å². The first-order valence-electron chi connectivity index (χ1n) is 11.9. The van der Waals surface area contributed by atoms with E-state index < -0.39 is 48.8 Å². The molecule has 1 aromatic heterocycles. The number of ether oxygens (including phenoxy) is 1. The average molecular weight is 587 g/mol. The monoisotopic (exact) mass is 586 g/mol. The third-order valence-electron chi connectivity index (χ3n) is 6.41. The number of thiazole rings is 1. The normalized spacial score (nSPS) is 22.1. The maximum atomic E-state index is 14.6. The number of halogens is 4. The fourth-order valence-electron chi connectivity index (χ4n) is 4.66. The van der Waals surface area contributed by atoms with Gasteiger partial charge in [0.15, 0.2) is 10.8 Å². The SMILES string of the molecule is CCOC(=O)C1=C(CN2CC(F)(F)CC2CC(C)C(=O)O)NC(c2nccs2)=NC1c1ccc(Cl)cc1Cl. The Morgan fingerprint density at radius 3 is 2.76 bits per heavy atom. The van der Waals surface area contributed by atoms with Crippen LogP contribution in [-0.2, 0) is 14.3 Å². The summed E-state index contributed by atoms with van der Waals surface area (Å²) in [5, 5.41) is 15.5. The number of carbonyl (C=O) groups excluding carboxylic acids is 1. The number of carboxylic acids is 1. The van der Waals surface area contributed by atoms with Crippen LogP contribution >= 0.6 is 34.5 Å². The van der Waals surface area contributed by atoms with Crippen molar-refractivity contribution in [3.63, 3.8) is 0 Å². The van der Waals surface area contributed by atoms with Gasteiger partial charge in [0.05, 0.1) is 24.6 Å². The van der Waals surface area contributed by atoms with Gasteiger partial charge in [0.25, 0.3) is 5.92 Å². The predicted molar refractivity (Wildman–Crippen MR) is 141 cm³/mol. The summed E-state index contributed by atoms with van der Waals surface area (Å²) in [7, 11) is 0. The number of hydrogen-bond acceptors (Lipinski definition) is 8. The number of alkyl halides is 2. The highest BCUT2D eigenvalue weighted by Crippen LogP contribution is 2.40. The maximum Gasteiger partial charge on any atom is 0.338 e. The molecule has 0 saturated carbocycles. The van der Waals surface area contributed by atoms with Crippen LogP contribution in [0.5, 0.6) is 0 Å². The van der Waals surface area contributed by atoms with Gasteiger partial charge in [-0.1, -0.05) is 36.2 Å². The molecular weight excluding hydrogens is 561 g/mol. The van der Waals surface area contributed by atoms with Gasteiger partial charge in [0.2, 0.25) is 0 Å². The Labute approximate surface area is 232 Å². The minimum Gasteiger partial charge on any atom is -0.481 e. The molecule has 0 radical (unpaired) electrons. The summed E-state index contributed by atoms with van der Waals surface area (Å²) in [6.45, 7) is 2.56. The molecule has 2 aromatic rings. The van der Waals surface area contributed by atoms with Gasteiger partial charge >= 0.3 is 11.9 Å². The number of hydrogen-bond donors (Lipinski definition) is 2. The summed E-state index contributed by atoms with van der Waals surface area (Å²) in [5.74, 6) is -5.21. The molecule has 0 amide bonds. The van der Waals surface area contributed by atoms with Crippen molar-refractivity contribution in [1.82, 2.24) is 15.2 Å². The number of aromatic nitrogens is 1. The molecule has 4 rings (SSSR count). The predicted octanol–water partition coefficient (Wildman–Crippen LogP) is 5.18. The summed E-state index contributed by atoms with van der Waals surface area (Å²) in [4.78, 5) is 35.3. The van der Waals surface area contributed by atoms with Gasteiger partial charge in [0.1, 0.15) is 6.04 Å². The van der Waals surface area contributed by atoms with E-state index in [-0.39, 0.29) is 30.2 Å². The molecule has 2 aliphatic rings. The topological polar surface area (TPSA) is 104 Å². The molecule has 1 fully saturated rings. The van der Waals surface area contributed by atoms with Crippen molar-refractivity contribution < 1.29 is 28.2 Å². The lowest BCUT2D eigenvalue weighted by Crippen LogP contribution is -2.42. The summed E-state index contributed by atoms with van der Waals surface area (Å²) in [5.41, 5.74) is 0.914. The van der Waals surface area contributed by atoms with E-state index in [1.54, 1.807) is 30.6 Å². The largest absolute Gasteiger partial charge is 0.481 e. The van der Waals surface area contributed by atoms with Gasteiger partial charge in [-0.15, -0.1) is 11.3 Å². The number of amidine groups is 1. The highest BCUT2D eigenvalue weighted by molar-refractivity contribution is 7.11. The lowest BCUT2D eigenvalue weighted by Gasteiger charge is -2.31. The molecule has 2 N–H and O–H groups in total. The molecule has 8 nitrogen and oxygen atoms in total. The molecule has 3 heterocycles.